The fourth-order valence-corrected chi connectivity index (χ4v) is 7.31. The van der Waals surface area contributed by atoms with Gasteiger partial charge in [-0.3, -0.25) is 9.80 Å². The van der Waals surface area contributed by atoms with Gasteiger partial charge in [0.2, 0.25) is 0 Å². The van der Waals surface area contributed by atoms with Crippen molar-refractivity contribution in [1.82, 2.24) is 50.2 Å². The number of hydrogen-bond acceptors (Lipinski definition) is 10. The predicted octanol–water partition coefficient (Wildman–Crippen LogP) is 4.99. The van der Waals surface area contributed by atoms with Crippen molar-refractivity contribution in [3.8, 4) is 0 Å². The third-order valence-corrected chi connectivity index (χ3v) is 9.97. The Labute approximate surface area is 264 Å². The van der Waals surface area contributed by atoms with Crippen LogP contribution < -0.4 is 0 Å². The lowest BCUT2D eigenvalue weighted by atomic mass is 9.99. The average Bonchev–Trinajstić information content (AvgIpc) is 3.88. The summed E-state index contributed by atoms with van der Waals surface area (Å²) in [4.78, 5) is 7.48. The fourth-order valence-electron chi connectivity index (χ4n) is 5.94. The quantitative estimate of drug-likeness (QED) is 0.211. The van der Waals surface area contributed by atoms with E-state index in [-0.39, 0.29) is 12.1 Å². The lowest BCUT2D eigenvalue weighted by molar-refractivity contribution is 0.0826. The molecule has 0 aliphatic carbocycles. The van der Waals surface area contributed by atoms with Gasteiger partial charge in [-0.1, -0.05) is 71.8 Å². The highest BCUT2D eigenvalue weighted by Gasteiger charge is 2.35. The first-order valence-electron chi connectivity index (χ1n) is 14.8. The summed E-state index contributed by atoms with van der Waals surface area (Å²) in [7, 11) is 0. The Bertz CT molecular complexity index is 1620. The van der Waals surface area contributed by atoms with Crippen molar-refractivity contribution in [1.29, 1.82) is 0 Å². The molecule has 5 heterocycles. The Balaban J connectivity index is 1.18. The number of nitrogens with zero attached hydrogens (tertiary/aromatic N) is 10. The molecule has 1 aliphatic heterocycles. The van der Waals surface area contributed by atoms with Crippen molar-refractivity contribution < 1.29 is 0 Å². The highest BCUT2D eigenvalue weighted by Crippen LogP contribution is 2.33. The number of aryl methyl sites for hydroxylation is 2. The molecule has 0 saturated carbocycles. The third kappa shape index (κ3) is 6.11. The van der Waals surface area contributed by atoms with Gasteiger partial charge in [-0.2, -0.15) is 0 Å². The van der Waals surface area contributed by atoms with Crippen molar-refractivity contribution in [2.75, 3.05) is 26.2 Å². The molecule has 2 aromatic carbocycles. The van der Waals surface area contributed by atoms with Crippen LogP contribution in [0.3, 0.4) is 0 Å². The summed E-state index contributed by atoms with van der Waals surface area (Å²) in [6.07, 6.45) is 0. The van der Waals surface area contributed by atoms with Gasteiger partial charge in [0.05, 0.1) is 25.2 Å². The minimum atomic E-state index is -0.0605. The first-order chi connectivity index (χ1) is 21.6. The van der Waals surface area contributed by atoms with E-state index in [0.29, 0.717) is 13.1 Å². The summed E-state index contributed by atoms with van der Waals surface area (Å²) in [6.45, 7) is 8.94. The van der Waals surface area contributed by atoms with E-state index in [1.807, 2.05) is 9.36 Å². The van der Waals surface area contributed by atoms with E-state index in [2.05, 4.69) is 138 Å². The van der Waals surface area contributed by atoms with E-state index in [4.69, 9.17) is 0 Å². The molecule has 0 bridgehead atoms. The largest absolute Gasteiger partial charge is 0.287 e. The molecule has 0 spiro atoms. The Morgan fingerprint density at radius 3 is 1.36 bits per heavy atom. The first kappa shape index (κ1) is 28.7. The van der Waals surface area contributed by atoms with Gasteiger partial charge >= 0.3 is 0 Å². The summed E-state index contributed by atoms with van der Waals surface area (Å²) < 4.78 is 3.91. The standard InChI is InChI=1S/C32H34N10S2/c1-23-7-11-25(12-8-23)29(31-33-35-37-41(31)21-27-5-3-19-43-27)39-15-17-40(18-16-39)30(26-13-9-24(2)10-14-26)32-34-36-38-42(32)22-28-6-4-20-44-28/h3-14,19-20,29-30H,15-18,21-22H2,1-2H3/t29-,30+. The smallest absolute Gasteiger partial charge is 0.173 e. The van der Waals surface area contributed by atoms with Gasteiger partial charge in [0.1, 0.15) is 0 Å². The van der Waals surface area contributed by atoms with Gasteiger partial charge < -0.3 is 0 Å². The molecule has 0 unspecified atom stereocenters. The molecule has 0 amide bonds. The van der Waals surface area contributed by atoms with E-state index in [9.17, 15) is 0 Å². The zero-order chi connectivity index (χ0) is 29.9. The van der Waals surface area contributed by atoms with E-state index in [1.54, 1.807) is 22.7 Å². The summed E-state index contributed by atoms with van der Waals surface area (Å²) in [6, 6.07) is 25.8. The fraction of sp³-hybridized carbons (Fsp3) is 0.312. The molecule has 7 rings (SSSR count). The van der Waals surface area contributed by atoms with Gasteiger partial charge in [-0.15, -0.1) is 32.9 Å². The van der Waals surface area contributed by atoms with E-state index >= 15 is 0 Å². The summed E-state index contributed by atoms with van der Waals surface area (Å²) in [5.74, 6) is 1.73. The zero-order valence-corrected chi connectivity index (χ0v) is 26.4. The number of tetrazole rings is 2. The molecule has 2 atom stereocenters. The summed E-state index contributed by atoms with van der Waals surface area (Å²) in [5, 5.41) is 30.5. The van der Waals surface area contributed by atoms with Gasteiger partial charge in [-0.25, -0.2) is 9.36 Å². The molecule has 1 aliphatic rings. The number of benzene rings is 2. The minimum absolute atomic E-state index is 0.0605. The molecule has 6 aromatic rings. The Hall–Kier alpha value is -4.10. The van der Waals surface area contributed by atoms with Crippen LogP contribution in [-0.4, -0.2) is 76.4 Å². The number of piperazine rings is 1. The first-order valence-corrected chi connectivity index (χ1v) is 16.6. The molecule has 4 aromatic heterocycles. The number of thiophene rings is 2. The van der Waals surface area contributed by atoms with Crippen molar-refractivity contribution in [3.63, 3.8) is 0 Å². The summed E-state index contributed by atoms with van der Waals surface area (Å²) in [5.41, 5.74) is 4.86. The third-order valence-electron chi connectivity index (χ3n) is 8.25. The van der Waals surface area contributed by atoms with Crippen molar-refractivity contribution in [2.24, 2.45) is 0 Å². The van der Waals surface area contributed by atoms with Crippen LogP contribution >= 0.6 is 22.7 Å². The minimum Gasteiger partial charge on any atom is -0.287 e. The molecule has 0 radical (unpaired) electrons. The number of aromatic nitrogens is 8. The van der Waals surface area contributed by atoms with Crippen molar-refractivity contribution >= 4 is 22.7 Å². The predicted molar refractivity (Wildman–Crippen MR) is 172 cm³/mol. The zero-order valence-electron chi connectivity index (χ0n) is 24.8. The van der Waals surface area contributed by atoms with Crippen LogP contribution in [0.5, 0.6) is 0 Å². The molecular formula is C32H34N10S2. The van der Waals surface area contributed by atoms with Crippen LogP contribution in [0.2, 0.25) is 0 Å². The molecule has 1 fully saturated rings. The van der Waals surface area contributed by atoms with Crippen LogP contribution in [0.4, 0.5) is 0 Å². The maximum atomic E-state index is 4.59. The van der Waals surface area contributed by atoms with Crippen molar-refractivity contribution in [3.05, 3.63) is 127 Å². The van der Waals surface area contributed by atoms with E-state index in [1.165, 1.54) is 32.0 Å². The highest BCUT2D eigenvalue weighted by molar-refractivity contribution is 7.10. The van der Waals surface area contributed by atoms with Crippen LogP contribution in [0.1, 0.15) is 55.7 Å². The van der Waals surface area contributed by atoms with Gasteiger partial charge in [-0.05, 0) is 68.7 Å². The van der Waals surface area contributed by atoms with Crippen LogP contribution in [0, 0.1) is 13.8 Å². The average molecular weight is 623 g/mol. The van der Waals surface area contributed by atoms with E-state index < -0.39 is 0 Å². The molecule has 44 heavy (non-hydrogen) atoms. The highest BCUT2D eigenvalue weighted by atomic mass is 32.1. The second-order valence-corrected chi connectivity index (χ2v) is 13.3. The van der Waals surface area contributed by atoms with Crippen LogP contribution in [0.25, 0.3) is 0 Å². The summed E-state index contributed by atoms with van der Waals surface area (Å²) >= 11 is 3.45. The molecule has 12 heteroatoms. The van der Waals surface area contributed by atoms with Crippen molar-refractivity contribution in [2.45, 2.75) is 39.0 Å². The molecule has 224 valence electrons. The second-order valence-electron chi connectivity index (χ2n) is 11.2. The van der Waals surface area contributed by atoms with Crippen LogP contribution in [0.15, 0.2) is 83.6 Å². The molecular weight excluding hydrogens is 589 g/mol. The Morgan fingerprint density at radius 2 is 1.00 bits per heavy atom. The topological polar surface area (TPSA) is 93.7 Å². The maximum absolute atomic E-state index is 4.59. The maximum Gasteiger partial charge on any atom is 0.173 e. The van der Waals surface area contributed by atoms with Gasteiger partial charge in [0.25, 0.3) is 0 Å². The Morgan fingerprint density at radius 1 is 0.591 bits per heavy atom. The molecule has 10 nitrogen and oxygen atoms in total. The van der Waals surface area contributed by atoms with Gasteiger partial charge in [0.15, 0.2) is 11.6 Å². The normalized spacial score (nSPS) is 15.9. The van der Waals surface area contributed by atoms with Crippen LogP contribution in [-0.2, 0) is 13.1 Å². The van der Waals surface area contributed by atoms with Gasteiger partial charge in [0, 0.05) is 35.9 Å². The lowest BCUT2D eigenvalue weighted by Gasteiger charge is -2.41. The lowest BCUT2D eigenvalue weighted by Crippen LogP contribution is -2.50. The molecule has 0 N–H and O–H groups in total. The SMILES string of the molecule is Cc1ccc([C@H](c2nnnn2Cc2cccs2)N2CCN([C@@H](c3ccc(C)cc3)c3nnnn3Cc3cccs3)CC2)cc1. The Kier molecular flexibility index (Phi) is 8.38. The monoisotopic (exact) mass is 622 g/mol. The van der Waals surface area contributed by atoms with E-state index in [0.717, 1.165) is 37.8 Å². The molecule has 1 saturated heterocycles. The number of rotatable bonds is 10. The second kappa shape index (κ2) is 12.9. The number of hydrogen-bond donors (Lipinski definition) is 0.